The van der Waals surface area contributed by atoms with Crippen LogP contribution in [0.15, 0.2) is 53.8 Å². The van der Waals surface area contributed by atoms with Gasteiger partial charge in [-0.05, 0) is 24.1 Å². The summed E-state index contributed by atoms with van der Waals surface area (Å²) in [5.41, 5.74) is 2.16. The van der Waals surface area contributed by atoms with E-state index in [1.165, 1.54) is 12.6 Å². The predicted molar refractivity (Wildman–Crippen MR) is 79.9 cm³/mol. The van der Waals surface area contributed by atoms with Gasteiger partial charge < -0.3 is 10.2 Å². The maximum atomic E-state index is 11.4. The summed E-state index contributed by atoms with van der Waals surface area (Å²) in [6.45, 7) is 2.62. The number of hydrogen-bond donors (Lipinski definition) is 1. The average molecular weight is 272 g/mol. The maximum Gasteiger partial charge on any atom is 0.254 e. The van der Waals surface area contributed by atoms with Crippen molar-refractivity contribution >= 4 is 12.2 Å². The van der Waals surface area contributed by atoms with E-state index in [2.05, 4.69) is 17.4 Å². The number of nitrogens with zero attached hydrogens (tertiary/aromatic N) is 1. The number of benzene rings is 1. The summed E-state index contributed by atoms with van der Waals surface area (Å²) in [6.07, 6.45) is 4.04. The number of hydrogen-bond acceptors (Lipinski definition) is 3. The van der Waals surface area contributed by atoms with Crippen molar-refractivity contribution in [3.05, 3.63) is 59.3 Å². The number of nitrogens with one attached hydrogen (secondary N) is 1. The van der Waals surface area contributed by atoms with Crippen molar-refractivity contribution in [1.82, 2.24) is 10.2 Å². The quantitative estimate of drug-likeness (QED) is 0.283. The average Bonchev–Trinajstić information content (AvgIpc) is 2.44. The first kappa shape index (κ1) is 15.7. The molecule has 0 spiro atoms. The summed E-state index contributed by atoms with van der Waals surface area (Å²) < 4.78 is 0. The van der Waals surface area contributed by atoms with Crippen LogP contribution in [0, 0.1) is 0 Å². The third-order valence-electron chi connectivity index (χ3n) is 2.70. The number of allylic oxidation sites excluding steroid dienone is 2. The third kappa shape index (κ3) is 5.10. The van der Waals surface area contributed by atoms with Gasteiger partial charge in [-0.25, -0.2) is 0 Å². The number of likely N-dealkylation sites (N-methyl/N-ethyl adjacent to an activating group) is 1. The van der Waals surface area contributed by atoms with Gasteiger partial charge in [0.2, 0.25) is 0 Å². The van der Waals surface area contributed by atoms with Gasteiger partial charge in [-0.3, -0.25) is 9.59 Å². The van der Waals surface area contributed by atoms with Crippen molar-refractivity contribution in [3.63, 3.8) is 0 Å². The van der Waals surface area contributed by atoms with Gasteiger partial charge in [-0.15, -0.1) is 0 Å². The fraction of sp³-hybridized carbons (Fsp3) is 0.250. The first-order chi connectivity index (χ1) is 9.56. The van der Waals surface area contributed by atoms with Crippen molar-refractivity contribution in [2.45, 2.75) is 13.5 Å². The van der Waals surface area contributed by atoms with Crippen LogP contribution in [0.1, 0.15) is 12.5 Å². The maximum absolute atomic E-state index is 11.4. The molecule has 0 atom stereocenters. The lowest BCUT2D eigenvalue weighted by molar-refractivity contribution is -0.118. The molecule has 4 nitrogen and oxygen atoms in total. The standard InChI is InChI=1S/C16H20N2O2/c1-13(9-15(12-19)16(20)17-2)10-18(3)11-14-7-5-4-6-8-14/h4-10,12H,11H2,1-3H3,(H,17,20)/b13-10-,15-9+. The lowest BCUT2D eigenvalue weighted by atomic mass is 10.1. The molecule has 0 saturated heterocycles. The number of carbonyl (C=O) groups is 2. The van der Waals surface area contributed by atoms with Crippen LogP contribution in [-0.2, 0) is 16.1 Å². The molecule has 0 aliphatic carbocycles. The summed E-state index contributed by atoms with van der Waals surface area (Å²) in [4.78, 5) is 24.3. The molecule has 0 fully saturated rings. The number of carbonyl (C=O) groups excluding carboxylic acids is 2. The molecule has 0 aliphatic rings. The summed E-state index contributed by atoms with van der Waals surface area (Å²) in [5.74, 6) is -0.376. The van der Waals surface area contributed by atoms with Crippen LogP contribution in [0.2, 0.25) is 0 Å². The molecule has 1 aromatic rings. The van der Waals surface area contributed by atoms with Crippen molar-refractivity contribution in [2.75, 3.05) is 14.1 Å². The Morgan fingerprint density at radius 3 is 2.50 bits per heavy atom. The highest BCUT2D eigenvalue weighted by Gasteiger charge is 2.05. The molecule has 1 N–H and O–H groups in total. The molecule has 20 heavy (non-hydrogen) atoms. The highest BCUT2D eigenvalue weighted by atomic mass is 16.2. The summed E-state index contributed by atoms with van der Waals surface area (Å²) in [7, 11) is 3.45. The first-order valence-electron chi connectivity index (χ1n) is 6.38. The Hall–Kier alpha value is -2.36. The minimum Gasteiger partial charge on any atom is -0.376 e. The van der Waals surface area contributed by atoms with E-state index >= 15 is 0 Å². The number of rotatable bonds is 6. The number of aldehydes is 1. The molecule has 0 aromatic heterocycles. The molecule has 1 amide bonds. The molecule has 0 aliphatic heterocycles. The molecule has 0 unspecified atom stereocenters. The molecule has 1 rings (SSSR count). The zero-order valence-corrected chi connectivity index (χ0v) is 12.1. The fourth-order valence-electron chi connectivity index (χ4n) is 1.84. The molecule has 0 radical (unpaired) electrons. The summed E-state index contributed by atoms with van der Waals surface area (Å²) >= 11 is 0. The minimum absolute atomic E-state index is 0.120. The van der Waals surface area contributed by atoms with E-state index < -0.39 is 0 Å². The van der Waals surface area contributed by atoms with Crippen LogP contribution >= 0.6 is 0 Å². The monoisotopic (exact) mass is 272 g/mol. The normalized spacial score (nSPS) is 11.9. The zero-order chi connectivity index (χ0) is 15.0. The van der Waals surface area contributed by atoms with E-state index in [1.807, 2.05) is 43.3 Å². The third-order valence-corrected chi connectivity index (χ3v) is 2.70. The lowest BCUT2D eigenvalue weighted by Crippen LogP contribution is -2.21. The smallest absolute Gasteiger partial charge is 0.254 e. The van der Waals surface area contributed by atoms with Crippen molar-refractivity contribution in [3.8, 4) is 0 Å². The second-order valence-corrected chi connectivity index (χ2v) is 4.57. The largest absolute Gasteiger partial charge is 0.376 e. The van der Waals surface area contributed by atoms with Crippen LogP contribution in [0.25, 0.3) is 0 Å². The van der Waals surface area contributed by atoms with Gasteiger partial charge >= 0.3 is 0 Å². The SMILES string of the molecule is CNC(=O)/C(C=O)=C/C(C)=C\N(C)Cc1ccccc1. The lowest BCUT2D eigenvalue weighted by Gasteiger charge is -2.15. The molecule has 4 heteroatoms. The van der Waals surface area contributed by atoms with Crippen LogP contribution in [0.3, 0.4) is 0 Å². The minimum atomic E-state index is -0.376. The Bertz CT molecular complexity index is 519. The van der Waals surface area contributed by atoms with E-state index in [0.717, 1.165) is 12.1 Å². The Labute approximate surface area is 119 Å². The fourth-order valence-corrected chi connectivity index (χ4v) is 1.84. The van der Waals surface area contributed by atoms with Crippen molar-refractivity contribution in [2.24, 2.45) is 0 Å². The predicted octanol–water partition coefficient (Wildman–Crippen LogP) is 1.89. The van der Waals surface area contributed by atoms with E-state index in [9.17, 15) is 9.59 Å². The molecule has 0 bridgehead atoms. The van der Waals surface area contributed by atoms with Gasteiger partial charge in [0.05, 0.1) is 5.57 Å². The van der Waals surface area contributed by atoms with Gasteiger partial charge in [0, 0.05) is 26.8 Å². The van der Waals surface area contributed by atoms with Crippen molar-refractivity contribution < 1.29 is 9.59 Å². The molecular formula is C16H20N2O2. The van der Waals surface area contributed by atoms with Gasteiger partial charge in [-0.1, -0.05) is 30.3 Å². The second kappa shape index (κ2) is 7.94. The zero-order valence-electron chi connectivity index (χ0n) is 12.1. The topological polar surface area (TPSA) is 49.4 Å². The van der Waals surface area contributed by atoms with Crippen LogP contribution in [0.5, 0.6) is 0 Å². The molecular weight excluding hydrogens is 252 g/mol. The Morgan fingerprint density at radius 2 is 1.95 bits per heavy atom. The van der Waals surface area contributed by atoms with Crippen LogP contribution in [-0.4, -0.2) is 31.2 Å². The van der Waals surface area contributed by atoms with Crippen LogP contribution < -0.4 is 5.32 Å². The van der Waals surface area contributed by atoms with Gasteiger partial charge in [0.1, 0.15) is 0 Å². The number of amides is 1. The van der Waals surface area contributed by atoms with Crippen molar-refractivity contribution in [1.29, 1.82) is 0 Å². The van der Waals surface area contributed by atoms with Gasteiger partial charge in [0.25, 0.3) is 5.91 Å². The summed E-state index contributed by atoms with van der Waals surface area (Å²) in [5, 5.41) is 2.44. The molecule has 106 valence electrons. The van der Waals surface area contributed by atoms with E-state index in [-0.39, 0.29) is 11.5 Å². The Balaban J connectivity index is 2.75. The highest BCUT2D eigenvalue weighted by molar-refractivity contribution is 6.10. The second-order valence-electron chi connectivity index (χ2n) is 4.57. The van der Waals surface area contributed by atoms with E-state index in [1.54, 1.807) is 6.08 Å². The first-order valence-corrected chi connectivity index (χ1v) is 6.38. The highest BCUT2D eigenvalue weighted by Crippen LogP contribution is 2.06. The van der Waals surface area contributed by atoms with E-state index in [4.69, 9.17) is 0 Å². The van der Waals surface area contributed by atoms with Gasteiger partial charge in [-0.2, -0.15) is 0 Å². The van der Waals surface area contributed by atoms with E-state index in [0.29, 0.717) is 6.29 Å². The van der Waals surface area contributed by atoms with Crippen LogP contribution in [0.4, 0.5) is 0 Å². The Morgan fingerprint density at radius 1 is 1.30 bits per heavy atom. The van der Waals surface area contributed by atoms with Gasteiger partial charge in [0.15, 0.2) is 6.29 Å². The molecule has 1 aromatic carbocycles. The molecule has 0 saturated carbocycles. The summed E-state index contributed by atoms with van der Waals surface area (Å²) in [6, 6.07) is 10.1. The molecule has 0 heterocycles. The Kier molecular flexibility index (Phi) is 6.23.